The maximum Gasteiger partial charge on any atom is 0.300 e. The van der Waals surface area contributed by atoms with E-state index in [-0.39, 0.29) is 28.5 Å². The number of aliphatic hydroxyl groups is 1. The number of ketones is 1. The Morgan fingerprint density at radius 2 is 1.82 bits per heavy atom. The molecule has 1 aliphatic rings. The number of hydrogen-bond acceptors (Lipinski definition) is 5. The molecule has 1 saturated heterocycles. The number of aliphatic hydroxyl groups excluding tert-OH is 1. The molecule has 2 heterocycles. The predicted octanol–water partition coefficient (Wildman–Crippen LogP) is 5.62. The van der Waals surface area contributed by atoms with Gasteiger partial charge in [0, 0.05) is 11.6 Å². The minimum absolute atomic E-state index is 0.0435. The number of carbonyl (C=O) groups is 2. The first-order valence-corrected chi connectivity index (χ1v) is 10.6. The Bertz CT molecular complexity index is 1320. The van der Waals surface area contributed by atoms with Crippen molar-refractivity contribution in [3.63, 3.8) is 0 Å². The molecule has 1 N–H and O–H groups in total. The minimum atomic E-state index is -1.25. The second-order valence-electron chi connectivity index (χ2n) is 8.32. The second-order valence-corrected chi connectivity index (χ2v) is 8.32. The monoisotopic (exact) mass is 467 g/mol. The number of anilines is 1. The van der Waals surface area contributed by atoms with Crippen LogP contribution in [0.15, 0.2) is 58.5 Å². The maximum atomic E-state index is 14.7. The molecule has 34 heavy (non-hydrogen) atoms. The van der Waals surface area contributed by atoms with Gasteiger partial charge in [-0.2, -0.15) is 0 Å². The molecule has 8 heteroatoms. The predicted molar refractivity (Wildman–Crippen MR) is 122 cm³/mol. The molecule has 0 radical (unpaired) electrons. The number of hydrogen-bond donors (Lipinski definition) is 1. The molecular weight excluding hydrogens is 444 g/mol. The van der Waals surface area contributed by atoms with Crippen LogP contribution in [0, 0.1) is 18.6 Å². The molecule has 1 unspecified atom stereocenters. The van der Waals surface area contributed by atoms with Crippen LogP contribution in [-0.4, -0.2) is 23.9 Å². The van der Waals surface area contributed by atoms with Crippen molar-refractivity contribution in [3.05, 3.63) is 88.4 Å². The molecule has 1 aromatic heterocycles. The van der Waals surface area contributed by atoms with Crippen LogP contribution in [0.4, 0.5) is 14.5 Å². The van der Waals surface area contributed by atoms with Gasteiger partial charge in [-0.25, -0.2) is 8.78 Å². The standard InChI is InChI=1S/C26H23F2NO5/c1-13(2)17-11-15(6-10-20(17)33-4)24(30)22-23(21-9-5-14(3)34-21)29(26(32)25(22)31)19-8-7-16(27)12-18(19)28/h5-13,23,30H,1-4H3/b24-22-. The van der Waals surface area contributed by atoms with Crippen molar-refractivity contribution in [1.82, 2.24) is 0 Å². The van der Waals surface area contributed by atoms with Crippen molar-refractivity contribution in [1.29, 1.82) is 0 Å². The van der Waals surface area contributed by atoms with Crippen LogP contribution in [0.3, 0.4) is 0 Å². The van der Waals surface area contributed by atoms with Gasteiger partial charge in [-0.1, -0.05) is 13.8 Å². The van der Waals surface area contributed by atoms with Crippen molar-refractivity contribution in [2.24, 2.45) is 0 Å². The summed E-state index contributed by atoms with van der Waals surface area (Å²) in [5.41, 5.74) is 0.508. The molecule has 4 rings (SSSR count). The quantitative estimate of drug-likeness (QED) is 0.299. The van der Waals surface area contributed by atoms with E-state index in [1.807, 2.05) is 13.8 Å². The zero-order valence-electron chi connectivity index (χ0n) is 19.1. The van der Waals surface area contributed by atoms with E-state index in [1.165, 1.54) is 7.11 Å². The highest BCUT2D eigenvalue weighted by Gasteiger charge is 2.49. The zero-order chi connectivity index (χ0) is 24.7. The minimum Gasteiger partial charge on any atom is -0.507 e. The van der Waals surface area contributed by atoms with E-state index in [0.29, 0.717) is 17.6 Å². The first-order valence-electron chi connectivity index (χ1n) is 10.6. The van der Waals surface area contributed by atoms with Gasteiger partial charge in [-0.15, -0.1) is 0 Å². The average molecular weight is 467 g/mol. The van der Waals surface area contributed by atoms with E-state index < -0.39 is 35.1 Å². The number of aryl methyl sites for hydroxylation is 1. The maximum absolute atomic E-state index is 14.7. The molecular formula is C26H23F2NO5. The third kappa shape index (κ3) is 3.85. The molecule has 0 saturated carbocycles. The number of rotatable bonds is 5. The van der Waals surface area contributed by atoms with Gasteiger partial charge in [-0.3, -0.25) is 14.5 Å². The van der Waals surface area contributed by atoms with E-state index in [4.69, 9.17) is 9.15 Å². The highest BCUT2D eigenvalue weighted by molar-refractivity contribution is 6.51. The van der Waals surface area contributed by atoms with Crippen molar-refractivity contribution >= 4 is 23.1 Å². The number of amides is 1. The lowest BCUT2D eigenvalue weighted by atomic mass is 9.95. The van der Waals surface area contributed by atoms with E-state index in [9.17, 15) is 23.5 Å². The number of carbonyl (C=O) groups excluding carboxylic acids is 2. The Morgan fingerprint density at radius 3 is 2.41 bits per heavy atom. The Morgan fingerprint density at radius 1 is 1.09 bits per heavy atom. The van der Waals surface area contributed by atoms with Gasteiger partial charge in [0.05, 0.1) is 18.4 Å². The molecule has 1 atom stereocenters. The third-order valence-corrected chi connectivity index (χ3v) is 5.77. The number of furan rings is 1. The van der Waals surface area contributed by atoms with Gasteiger partial charge in [0.15, 0.2) is 0 Å². The molecule has 1 amide bonds. The summed E-state index contributed by atoms with van der Waals surface area (Å²) in [6.07, 6.45) is 0. The lowest BCUT2D eigenvalue weighted by Gasteiger charge is -2.24. The lowest BCUT2D eigenvalue weighted by Crippen LogP contribution is -2.30. The molecule has 3 aromatic rings. The first-order chi connectivity index (χ1) is 16.1. The summed E-state index contributed by atoms with van der Waals surface area (Å²) < 4.78 is 39.3. The van der Waals surface area contributed by atoms with Gasteiger partial charge < -0.3 is 14.3 Å². The van der Waals surface area contributed by atoms with Crippen LogP contribution in [0.25, 0.3) is 5.76 Å². The third-order valence-electron chi connectivity index (χ3n) is 5.77. The largest absolute Gasteiger partial charge is 0.507 e. The summed E-state index contributed by atoms with van der Waals surface area (Å²) in [6, 6.07) is 9.50. The molecule has 2 aromatic carbocycles. The molecule has 0 aliphatic carbocycles. The molecule has 0 spiro atoms. The summed E-state index contributed by atoms with van der Waals surface area (Å²) in [5, 5.41) is 11.2. The Balaban J connectivity index is 1.95. The van der Waals surface area contributed by atoms with Crippen molar-refractivity contribution < 1.29 is 32.6 Å². The van der Waals surface area contributed by atoms with Gasteiger partial charge in [0.25, 0.3) is 11.7 Å². The van der Waals surface area contributed by atoms with E-state index in [1.54, 1.807) is 37.3 Å². The number of methoxy groups -OCH3 is 1. The topological polar surface area (TPSA) is 80.0 Å². The summed E-state index contributed by atoms with van der Waals surface area (Å²) >= 11 is 0. The summed E-state index contributed by atoms with van der Waals surface area (Å²) in [6.45, 7) is 5.57. The van der Waals surface area contributed by atoms with Crippen LogP contribution in [0.1, 0.15) is 48.5 Å². The fraction of sp³-hybridized carbons (Fsp3) is 0.231. The molecule has 1 fully saturated rings. The lowest BCUT2D eigenvalue weighted by molar-refractivity contribution is -0.132. The molecule has 6 nitrogen and oxygen atoms in total. The normalized spacial score (nSPS) is 17.6. The first kappa shape index (κ1) is 23.2. The highest BCUT2D eigenvalue weighted by atomic mass is 19.1. The van der Waals surface area contributed by atoms with Crippen molar-refractivity contribution in [2.45, 2.75) is 32.7 Å². The fourth-order valence-electron chi connectivity index (χ4n) is 4.12. The number of nitrogens with zero attached hydrogens (tertiary/aromatic N) is 1. The van der Waals surface area contributed by atoms with Crippen LogP contribution in [-0.2, 0) is 9.59 Å². The van der Waals surface area contributed by atoms with Crippen LogP contribution in [0.5, 0.6) is 5.75 Å². The summed E-state index contributed by atoms with van der Waals surface area (Å²) in [5.74, 6) is -3.07. The Kier molecular flexibility index (Phi) is 6.00. The van der Waals surface area contributed by atoms with Gasteiger partial charge in [0.2, 0.25) is 0 Å². The number of halogens is 2. The fourth-order valence-corrected chi connectivity index (χ4v) is 4.12. The summed E-state index contributed by atoms with van der Waals surface area (Å²) in [4.78, 5) is 27.1. The van der Waals surface area contributed by atoms with E-state index in [2.05, 4.69) is 0 Å². The number of ether oxygens (including phenoxy) is 1. The van der Waals surface area contributed by atoms with Crippen LogP contribution in [0.2, 0.25) is 0 Å². The smallest absolute Gasteiger partial charge is 0.300 e. The summed E-state index contributed by atoms with van der Waals surface area (Å²) in [7, 11) is 1.53. The molecule has 1 aliphatic heterocycles. The van der Waals surface area contributed by atoms with Gasteiger partial charge >= 0.3 is 0 Å². The van der Waals surface area contributed by atoms with Gasteiger partial charge in [0.1, 0.15) is 40.7 Å². The Labute approximate surface area is 195 Å². The van der Waals surface area contributed by atoms with Gasteiger partial charge in [-0.05, 0) is 60.9 Å². The SMILES string of the molecule is COc1ccc(/C(O)=C2/C(=O)C(=O)N(c3ccc(F)cc3F)C2c2ccc(C)o2)cc1C(C)C. The van der Waals surface area contributed by atoms with E-state index >= 15 is 0 Å². The number of Topliss-reactive ketones (excluding diaryl/α,β-unsaturated/α-hetero) is 1. The van der Waals surface area contributed by atoms with Crippen molar-refractivity contribution in [2.75, 3.05) is 12.0 Å². The van der Waals surface area contributed by atoms with E-state index in [0.717, 1.165) is 22.6 Å². The van der Waals surface area contributed by atoms with Crippen LogP contribution < -0.4 is 9.64 Å². The number of benzene rings is 2. The average Bonchev–Trinajstić information content (AvgIpc) is 3.34. The zero-order valence-corrected chi connectivity index (χ0v) is 19.1. The second kappa shape index (κ2) is 8.78. The molecule has 0 bridgehead atoms. The van der Waals surface area contributed by atoms with Crippen LogP contribution >= 0.6 is 0 Å². The Hall–Kier alpha value is -3.94. The highest BCUT2D eigenvalue weighted by Crippen LogP contribution is 2.44. The van der Waals surface area contributed by atoms with Crippen molar-refractivity contribution in [3.8, 4) is 5.75 Å². The molecule has 176 valence electrons.